The molecule has 0 fully saturated rings. The lowest BCUT2D eigenvalue weighted by atomic mass is 10.1. The topological polar surface area (TPSA) is 80.9 Å². The molecule has 0 aliphatic rings. The van der Waals surface area contributed by atoms with Gasteiger partial charge in [-0.1, -0.05) is 32.0 Å². The first kappa shape index (κ1) is 13.3. The van der Waals surface area contributed by atoms with Gasteiger partial charge in [0.2, 0.25) is 5.95 Å². The summed E-state index contributed by atoms with van der Waals surface area (Å²) in [4.78, 5) is 20.3. The smallest absolute Gasteiger partial charge is 0.270 e. The van der Waals surface area contributed by atoms with Crippen LogP contribution >= 0.6 is 0 Å². The third-order valence-electron chi connectivity index (χ3n) is 2.84. The molecular weight excluding hydrogens is 240 g/mol. The molecule has 5 nitrogen and oxygen atoms in total. The first-order valence-corrected chi connectivity index (χ1v) is 6.38. The number of nitrogens with zero attached hydrogens (tertiary/aromatic N) is 2. The van der Waals surface area contributed by atoms with Crippen molar-refractivity contribution in [3.05, 3.63) is 30.0 Å². The summed E-state index contributed by atoms with van der Waals surface area (Å²) in [5.74, 6) is 0.464. The van der Waals surface area contributed by atoms with Crippen LogP contribution in [0, 0.1) is 5.92 Å². The average molecular weight is 258 g/mol. The molecule has 0 saturated carbocycles. The lowest BCUT2D eigenvalue weighted by Crippen LogP contribution is -2.26. The van der Waals surface area contributed by atoms with E-state index in [1.807, 2.05) is 24.3 Å². The summed E-state index contributed by atoms with van der Waals surface area (Å²) in [6.45, 7) is 4.86. The van der Waals surface area contributed by atoms with Gasteiger partial charge >= 0.3 is 0 Å². The van der Waals surface area contributed by atoms with E-state index in [-0.39, 0.29) is 11.9 Å². The molecule has 0 bridgehead atoms. The van der Waals surface area contributed by atoms with Crippen molar-refractivity contribution in [3.8, 4) is 0 Å². The molecule has 1 aromatic carbocycles. The fourth-order valence-corrected chi connectivity index (χ4v) is 1.83. The maximum absolute atomic E-state index is 12.1. The fraction of sp³-hybridized carbons (Fsp3) is 0.357. The van der Waals surface area contributed by atoms with Crippen molar-refractivity contribution in [1.82, 2.24) is 15.3 Å². The van der Waals surface area contributed by atoms with Gasteiger partial charge in [-0.05, 0) is 18.4 Å². The highest BCUT2D eigenvalue weighted by molar-refractivity contribution is 6.04. The number of nitrogen functional groups attached to an aromatic ring is 1. The normalized spacial score (nSPS) is 10.9. The predicted octanol–water partition coefficient (Wildman–Crippen LogP) is 1.99. The molecule has 2 aromatic rings. The number of hydrogen-bond acceptors (Lipinski definition) is 4. The third kappa shape index (κ3) is 3.19. The molecule has 1 amide bonds. The highest BCUT2D eigenvalue weighted by Gasteiger charge is 2.13. The standard InChI is InChI=1S/C14H18N4O/c1-9(2)7-8-16-13(19)12-10-5-3-4-6-11(10)17-14(15)18-12/h3-6,9H,7-8H2,1-2H3,(H,16,19)(H2,15,17,18). The number of anilines is 1. The lowest BCUT2D eigenvalue weighted by Gasteiger charge is -2.09. The minimum Gasteiger partial charge on any atom is -0.368 e. The molecule has 1 heterocycles. The molecule has 5 heteroatoms. The van der Waals surface area contributed by atoms with Gasteiger partial charge < -0.3 is 11.1 Å². The minimum atomic E-state index is -0.203. The van der Waals surface area contributed by atoms with Gasteiger partial charge in [-0.15, -0.1) is 0 Å². The Balaban J connectivity index is 2.26. The monoisotopic (exact) mass is 258 g/mol. The summed E-state index contributed by atoms with van der Waals surface area (Å²) in [5, 5.41) is 3.59. The first-order chi connectivity index (χ1) is 9.08. The number of para-hydroxylation sites is 1. The summed E-state index contributed by atoms with van der Waals surface area (Å²) in [6, 6.07) is 7.35. The Morgan fingerprint density at radius 2 is 2.05 bits per heavy atom. The van der Waals surface area contributed by atoms with E-state index in [1.54, 1.807) is 0 Å². The Hall–Kier alpha value is -2.17. The first-order valence-electron chi connectivity index (χ1n) is 6.38. The minimum absolute atomic E-state index is 0.118. The van der Waals surface area contributed by atoms with Crippen LogP contribution in [0.15, 0.2) is 24.3 Å². The van der Waals surface area contributed by atoms with Crippen LogP contribution < -0.4 is 11.1 Å². The Labute approximate surface area is 112 Å². The number of benzene rings is 1. The van der Waals surface area contributed by atoms with Gasteiger partial charge in [0.1, 0.15) is 5.69 Å². The van der Waals surface area contributed by atoms with Gasteiger partial charge in [0, 0.05) is 11.9 Å². The van der Waals surface area contributed by atoms with Crippen LogP contribution in [0.25, 0.3) is 10.9 Å². The van der Waals surface area contributed by atoms with Gasteiger partial charge in [-0.3, -0.25) is 4.79 Å². The summed E-state index contributed by atoms with van der Waals surface area (Å²) in [6.07, 6.45) is 0.935. The highest BCUT2D eigenvalue weighted by atomic mass is 16.1. The third-order valence-corrected chi connectivity index (χ3v) is 2.84. The number of carbonyl (C=O) groups is 1. The zero-order chi connectivity index (χ0) is 13.8. The Morgan fingerprint density at radius 3 is 2.79 bits per heavy atom. The molecule has 3 N–H and O–H groups in total. The van der Waals surface area contributed by atoms with E-state index in [1.165, 1.54) is 0 Å². The zero-order valence-electron chi connectivity index (χ0n) is 11.2. The van der Waals surface area contributed by atoms with Crippen LogP contribution in [-0.2, 0) is 0 Å². The van der Waals surface area contributed by atoms with Gasteiger partial charge in [-0.2, -0.15) is 0 Å². The molecule has 19 heavy (non-hydrogen) atoms. The molecule has 0 saturated heterocycles. The van der Waals surface area contributed by atoms with E-state index in [0.29, 0.717) is 23.7 Å². The van der Waals surface area contributed by atoms with Crippen molar-refractivity contribution in [1.29, 1.82) is 0 Å². The Bertz CT molecular complexity index is 595. The number of nitrogens with one attached hydrogen (secondary N) is 1. The summed E-state index contributed by atoms with van der Waals surface area (Å²) < 4.78 is 0. The number of amides is 1. The van der Waals surface area contributed by atoms with Crippen molar-refractivity contribution in [3.63, 3.8) is 0 Å². The van der Waals surface area contributed by atoms with Crippen LogP contribution in [0.5, 0.6) is 0 Å². The van der Waals surface area contributed by atoms with Gasteiger partial charge in [0.05, 0.1) is 5.52 Å². The van der Waals surface area contributed by atoms with Gasteiger partial charge in [0.25, 0.3) is 5.91 Å². The second-order valence-corrected chi connectivity index (χ2v) is 4.89. The molecule has 0 aliphatic heterocycles. The van der Waals surface area contributed by atoms with Crippen molar-refractivity contribution < 1.29 is 4.79 Å². The van der Waals surface area contributed by atoms with E-state index in [0.717, 1.165) is 11.8 Å². The number of rotatable bonds is 4. The summed E-state index contributed by atoms with van der Waals surface area (Å²) in [7, 11) is 0. The van der Waals surface area contributed by atoms with E-state index in [2.05, 4.69) is 29.1 Å². The molecule has 0 aliphatic carbocycles. The average Bonchev–Trinajstić information content (AvgIpc) is 2.37. The molecule has 0 radical (unpaired) electrons. The van der Waals surface area contributed by atoms with Crippen LogP contribution in [0.3, 0.4) is 0 Å². The molecule has 1 aromatic heterocycles. The number of carbonyl (C=O) groups excluding carboxylic acids is 1. The second kappa shape index (κ2) is 5.65. The van der Waals surface area contributed by atoms with Crippen molar-refractivity contribution in [2.24, 2.45) is 5.92 Å². The quantitative estimate of drug-likeness (QED) is 0.878. The van der Waals surface area contributed by atoms with Crippen LogP contribution in [-0.4, -0.2) is 22.4 Å². The van der Waals surface area contributed by atoms with Crippen LogP contribution in [0.2, 0.25) is 0 Å². The molecule has 0 spiro atoms. The largest absolute Gasteiger partial charge is 0.368 e. The highest BCUT2D eigenvalue weighted by Crippen LogP contribution is 2.16. The van der Waals surface area contributed by atoms with E-state index >= 15 is 0 Å². The molecule has 0 atom stereocenters. The molecule has 100 valence electrons. The van der Waals surface area contributed by atoms with Crippen molar-refractivity contribution in [2.75, 3.05) is 12.3 Å². The fourth-order valence-electron chi connectivity index (χ4n) is 1.83. The SMILES string of the molecule is CC(C)CCNC(=O)c1nc(N)nc2ccccc12. The zero-order valence-corrected chi connectivity index (χ0v) is 11.2. The summed E-state index contributed by atoms with van der Waals surface area (Å²) in [5.41, 5.74) is 6.66. The lowest BCUT2D eigenvalue weighted by molar-refractivity contribution is 0.0949. The number of fused-ring (bicyclic) bond motifs is 1. The predicted molar refractivity (Wildman–Crippen MR) is 75.7 cm³/mol. The maximum Gasteiger partial charge on any atom is 0.270 e. The van der Waals surface area contributed by atoms with Crippen molar-refractivity contribution in [2.45, 2.75) is 20.3 Å². The molecular formula is C14H18N4O. The van der Waals surface area contributed by atoms with E-state index < -0.39 is 0 Å². The summed E-state index contributed by atoms with van der Waals surface area (Å²) >= 11 is 0. The number of aromatic nitrogens is 2. The maximum atomic E-state index is 12.1. The van der Waals surface area contributed by atoms with Crippen LogP contribution in [0.4, 0.5) is 5.95 Å². The second-order valence-electron chi connectivity index (χ2n) is 4.89. The van der Waals surface area contributed by atoms with Crippen LogP contribution in [0.1, 0.15) is 30.8 Å². The Morgan fingerprint density at radius 1 is 1.32 bits per heavy atom. The number of nitrogens with two attached hydrogens (primary N) is 1. The number of hydrogen-bond donors (Lipinski definition) is 2. The van der Waals surface area contributed by atoms with Gasteiger partial charge in [0.15, 0.2) is 0 Å². The molecule has 2 rings (SSSR count). The van der Waals surface area contributed by atoms with E-state index in [4.69, 9.17) is 5.73 Å². The Kier molecular flexibility index (Phi) is 3.94. The van der Waals surface area contributed by atoms with Gasteiger partial charge in [-0.25, -0.2) is 9.97 Å². The van der Waals surface area contributed by atoms with Crippen molar-refractivity contribution >= 4 is 22.8 Å². The van der Waals surface area contributed by atoms with E-state index in [9.17, 15) is 4.79 Å². The molecule has 0 unspecified atom stereocenters.